The van der Waals surface area contributed by atoms with Crippen LogP contribution in [0.3, 0.4) is 0 Å². The van der Waals surface area contributed by atoms with Gasteiger partial charge in [0.25, 0.3) is 5.91 Å². The van der Waals surface area contributed by atoms with Gasteiger partial charge in [0.1, 0.15) is 5.75 Å². The highest BCUT2D eigenvalue weighted by atomic mass is 16.5. The van der Waals surface area contributed by atoms with Crippen molar-refractivity contribution >= 4 is 12.1 Å². The summed E-state index contributed by atoms with van der Waals surface area (Å²) in [7, 11) is 0. The normalized spacial score (nSPS) is 10.7. The minimum atomic E-state index is -0.288. The van der Waals surface area contributed by atoms with E-state index in [0.717, 1.165) is 22.3 Å². The number of hydrogen-bond donors (Lipinski definition) is 1. The summed E-state index contributed by atoms with van der Waals surface area (Å²) in [6.45, 7) is 5.92. The zero-order valence-electron chi connectivity index (χ0n) is 13.1. The molecule has 0 saturated heterocycles. The maximum atomic E-state index is 11.7. The van der Waals surface area contributed by atoms with Gasteiger partial charge in [-0.3, -0.25) is 4.79 Å². The highest BCUT2D eigenvalue weighted by Gasteiger charge is 2.04. The van der Waals surface area contributed by atoms with E-state index in [4.69, 9.17) is 4.74 Å². The van der Waals surface area contributed by atoms with Crippen LogP contribution in [0.2, 0.25) is 0 Å². The van der Waals surface area contributed by atoms with Crippen LogP contribution >= 0.6 is 0 Å². The van der Waals surface area contributed by atoms with Crippen molar-refractivity contribution in [1.29, 1.82) is 0 Å². The molecule has 0 heterocycles. The van der Waals surface area contributed by atoms with E-state index in [0.29, 0.717) is 5.75 Å². The van der Waals surface area contributed by atoms with Crippen molar-refractivity contribution in [3.63, 3.8) is 0 Å². The molecular weight excluding hydrogens is 276 g/mol. The molecule has 4 nitrogen and oxygen atoms in total. The van der Waals surface area contributed by atoms with Gasteiger partial charge in [0, 0.05) is 0 Å². The number of carbonyl (C=O) groups is 1. The van der Waals surface area contributed by atoms with Gasteiger partial charge in [-0.25, -0.2) is 5.43 Å². The molecule has 2 aromatic rings. The van der Waals surface area contributed by atoms with E-state index in [1.165, 1.54) is 0 Å². The summed E-state index contributed by atoms with van der Waals surface area (Å²) in [5, 5.41) is 3.93. The number of amides is 1. The Bertz CT molecular complexity index is 693. The van der Waals surface area contributed by atoms with E-state index in [1.54, 1.807) is 6.21 Å². The van der Waals surface area contributed by atoms with E-state index < -0.39 is 0 Å². The largest absolute Gasteiger partial charge is 0.483 e. The molecule has 0 fully saturated rings. The van der Waals surface area contributed by atoms with Gasteiger partial charge in [0.2, 0.25) is 0 Å². The van der Waals surface area contributed by atoms with E-state index in [2.05, 4.69) is 10.5 Å². The second kappa shape index (κ2) is 7.41. The average Bonchev–Trinajstić information content (AvgIpc) is 2.46. The lowest BCUT2D eigenvalue weighted by Gasteiger charge is -2.08. The number of ether oxygens (including phenoxy) is 1. The lowest BCUT2D eigenvalue weighted by molar-refractivity contribution is -0.123. The first-order chi connectivity index (χ1) is 10.5. The number of benzene rings is 2. The van der Waals surface area contributed by atoms with Crippen LogP contribution < -0.4 is 10.2 Å². The standard InChI is InChI=1S/C18H20N2O2/c1-13-5-4-6-16(10-13)11-19-20-18(21)12-22-17-8-7-14(2)9-15(17)3/h4-11H,12H2,1-3H3,(H,20,21). The number of hydrazone groups is 1. The Morgan fingerprint density at radius 3 is 2.64 bits per heavy atom. The average molecular weight is 296 g/mol. The van der Waals surface area contributed by atoms with Gasteiger partial charge in [0.05, 0.1) is 6.21 Å². The fourth-order valence-electron chi connectivity index (χ4n) is 2.07. The summed E-state index contributed by atoms with van der Waals surface area (Å²) in [4.78, 5) is 11.7. The number of rotatable bonds is 5. The predicted octanol–water partition coefficient (Wildman–Crippen LogP) is 3.14. The molecule has 2 rings (SSSR count). The van der Waals surface area contributed by atoms with Crippen LogP contribution in [0.15, 0.2) is 47.6 Å². The van der Waals surface area contributed by atoms with Crippen LogP contribution in [0.25, 0.3) is 0 Å². The molecule has 0 saturated carbocycles. The fraction of sp³-hybridized carbons (Fsp3) is 0.222. The molecule has 2 aromatic carbocycles. The summed E-state index contributed by atoms with van der Waals surface area (Å²) >= 11 is 0. The molecular formula is C18H20N2O2. The van der Waals surface area contributed by atoms with Gasteiger partial charge in [-0.2, -0.15) is 5.10 Å². The molecule has 0 aromatic heterocycles. The molecule has 0 radical (unpaired) electrons. The summed E-state index contributed by atoms with van der Waals surface area (Å²) in [5.41, 5.74) is 6.72. The molecule has 1 amide bonds. The molecule has 114 valence electrons. The van der Waals surface area contributed by atoms with Crippen LogP contribution in [0, 0.1) is 20.8 Å². The molecule has 4 heteroatoms. The number of nitrogens with one attached hydrogen (secondary N) is 1. The monoisotopic (exact) mass is 296 g/mol. The molecule has 0 aliphatic carbocycles. The molecule has 0 unspecified atom stereocenters. The quantitative estimate of drug-likeness (QED) is 0.680. The molecule has 0 spiro atoms. The van der Waals surface area contributed by atoms with Crippen molar-refractivity contribution in [2.75, 3.05) is 6.61 Å². The minimum absolute atomic E-state index is 0.0605. The lowest BCUT2D eigenvalue weighted by Crippen LogP contribution is -2.24. The van der Waals surface area contributed by atoms with Crippen LogP contribution in [0.5, 0.6) is 5.75 Å². The van der Waals surface area contributed by atoms with Crippen LogP contribution in [0.4, 0.5) is 0 Å². The van der Waals surface area contributed by atoms with Crippen molar-refractivity contribution in [3.8, 4) is 5.75 Å². The Balaban J connectivity index is 1.83. The second-order valence-electron chi connectivity index (χ2n) is 5.26. The second-order valence-corrected chi connectivity index (χ2v) is 5.26. The van der Waals surface area contributed by atoms with Gasteiger partial charge in [-0.1, -0.05) is 47.5 Å². The SMILES string of the molecule is Cc1cccc(C=NNC(=O)COc2ccc(C)cc2C)c1. The van der Waals surface area contributed by atoms with Crippen molar-refractivity contribution in [3.05, 3.63) is 64.7 Å². The Hall–Kier alpha value is -2.62. The molecule has 0 aliphatic heterocycles. The van der Waals surface area contributed by atoms with Gasteiger partial charge in [-0.15, -0.1) is 0 Å². The van der Waals surface area contributed by atoms with E-state index in [9.17, 15) is 4.79 Å². The Morgan fingerprint density at radius 1 is 1.14 bits per heavy atom. The third kappa shape index (κ3) is 4.74. The van der Waals surface area contributed by atoms with Crippen molar-refractivity contribution in [2.45, 2.75) is 20.8 Å². The zero-order chi connectivity index (χ0) is 15.9. The van der Waals surface area contributed by atoms with Crippen molar-refractivity contribution in [1.82, 2.24) is 5.43 Å². The maximum Gasteiger partial charge on any atom is 0.277 e. The van der Waals surface area contributed by atoms with Crippen LogP contribution in [-0.4, -0.2) is 18.7 Å². The molecule has 0 aliphatic rings. The zero-order valence-corrected chi connectivity index (χ0v) is 13.1. The third-order valence-electron chi connectivity index (χ3n) is 3.13. The summed E-state index contributed by atoms with van der Waals surface area (Å²) in [6, 6.07) is 13.7. The smallest absolute Gasteiger partial charge is 0.277 e. The van der Waals surface area contributed by atoms with Gasteiger partial charge in [-0.05, 0) is 38.0 Å². The Morgan fingerprint density at radius 2 is 1.91 bits per heavy atom. The van der Waals surface area contributed by atoms with Crippen LogP contribution in [-0.2, 0) is 4.79 Å². The molecule has 0 bridgehead atoms. The Labute approximate surface area is 130 Å². The van der Waals surface area contributed by atoms with Gasteiger partial charge >= 0.3 is 0 Å². The maximum absolute atomic E-state index is 11.7. The van der Waals surface area contributed by atoms with Crippen molar-refractivity contribution < 1.29 is 9.53 Å². The lowest BCUT2D eigenvalue weighted by atomic mass is 10.1. The predicted molar refractivity (Wildman–Crippen MR) is 88.3 cm³/mol. The van der Waals surface area contributed by atoms with E-state index >= 15 is 0 Å². The highest BCUT2D eigenvalue weighted by molar-refractivity contribution is 5.83. The minimum Gasteiger partial charge on any atom is -0.483 e. The summed E-state index contributed by atoms with van der Waals surface area (Å²) in [6.07, 6.45) is 1.61. The van der Waals surface area contributed by atoms with E-state index in [-0.39, 0.29) is 12.5 Å². The van der Waals surface area contributed by atoms with Gasteiger partial charge < -0.3 is 4.74 Å². The highest BCUT2D eigenvalue weighted by Crippen LogP contribution is 2.18. The third-order valence-corrected chi connectivity index (χ3v) is 3.13. The first-order valence-corrected chi connectivity index (χ1v) is 7.13. The molecule has 22 heavy (non-hydrogen) atoms. The number of aryl methyl sites for hydroxylation is 3. The number of carbonyl (C=O) groups excluding carboxylic acids is 1. The first kappa shape index (κ1) is 15.8. The fourth-order valence-corrected chi connectivity index (χ4v) is 2.07. The molecule has 1 N–H and O–H groups in total. The Kier molecular flexibility index (Phi) is 5.31. The number of nitrogens with zero attached hydrogens (tertiary/aromatic N) is 1. The topological polar surface area (TPSA) is 50.7 Å². The van der Waals surface area contributed by atoms with Gasteiger partial charge in [0.15, 0.2) is 6.61 Å². The number of hydrogen-bond acceptors (Lipinski definition) is 3. The van der Waals surface area contributed by atoms with Crippen molar-refractivity contribution in [2.24, 2.45) is 5.10 Å². The summed E-state index contributed by atoms with van der Waals surface area (Å²) in [5.74, 6) is 0.423. The molecule has 0 atom stereocenters. The summed E-state index contributed by atoms with van der Waals surface area (Å²) < 4.78 is 5.49. The van der Waals surface area contributed by atoms with E-state index in [1.807, 2.05) is 63.2 Å². The first-order valence-electron chi connectivity index (χ1n) is 7.13. The van der Waals surface area contributed by atoms with Crippen LogP contribution in [0.1, 0.15) is 22.3 Å².